The van der Waals surface area contributed by atoms with Crippen LogP contribution >= 0.6 is 0 Å². The van der Waals surface area contributed by atoms with E-state index in [9.17, 15) is 0 Å². The molecule has 1 atom stereocenters. The van der Waals surface area contributed by atoms with Gasteiger partial charge in [-0.15, -0.1) is 0 Å². The van der Waals surface area contributed by atoms with Crippen molar-refractivity contribution in [1.29, 1.82) is 5.26 Å². The van der Waals surface area contributed by atoms with Gasteiger partial charge in [-0.3, -0.25) is 0 Å². The minimum atomic E-state index is 0.535. The zero-order valence-electron chi connectivity index (χ0n) is 10.0. The highest BCUT2D eigenvalue weighted by atomic mass is 16.5. The zero-order valence-corrected chi connectivity index (χ0v) is 10.0. The molecule has 1 aliphatic rings. The summed E-state index contributed by atoms with van der Waals surface area (Å²) in [6.45, 7) is 2.60. The monoisotopic (exact) mass is 231 g/mol. The molecular formula is C13H17N3O. The lowest BCUT2D eigenvalue weighted by Gasteiger charge is -2.20. The summed E-state index contributed by atoms with van der Waals surface area (Å²) < 4.78 is 5.21. The van der Waals surface area contributed by atoms with Crippen LogP contribution in [0, 0.1) is 17.2 Å². The molecule has 0 saturated carbocycles. The summed E-state index contributed by atoms with van der Waals surface area (Å²) in [5.74, 6) is 1.32. The van der Waals surface area contributed by atoms with E-state index in [0.717, 1.165) is 30.9 Å². The Bertz CT molecular complexity index is 439. The Kier molecular flexibility index (Phi) is 3.50. The summed E-state index contributed by atoms with van der Waals surface area (Å²) in [7, 11) is 1.64. The Morgan fingerprint density at radius 1 is 1.59 bits per heavy atom. The van der Waals surface area contributed by atoms with Crippen LogP contribution in [-0.4, -0.2) is 26.7 Å². The number of hydrogen-bond acceptors (Lipinski definition) is 4. The fourth-order valence-corrected chi connectivity index (χ4v) is 2.24. The molecule has 1 fully saturated rings. The largest absolute Gasteiger partial charge is 0.497 e. The summed E-state index contributed by atoms with van der Waals surface area (Å²) in [6.07, 6.45) is 1.10. The first-order chi connectivity index (χ1) is 8.28. The van der Waals surface area contributed by atoms with Crippen LogP contribution in [0.4, 0.5) is 5.69 Å². The van der Waals surface area contributed by atoms with E-state index in [2.05, 4.69) is 11.0 Å². The van der Waals surface area contributed by atoms with E-state index in [1.165, 1.54) is 0 Å². The number of benzene rings is 1. The molecule has 1 aromatic rings. The van der Waals surface area contributed by atoms with Crippen molar-refractivity contribution in [2.75, 3.05) is 31.6 Å². The minimum Gasteiger partial charge on any atom is -0.497 e. The molecule has 0 aromatic heterocycles. The molecule has 90 valence electrons. The molecule has 1 unspecified atom stereocenters. The van der Waals surface area contributed by atoms with Gasteiger partial charge in [-0.2, -0.15) is 5.26 Å². The Hall–Kier alpha value is -1.73. The highest BCUT2D eigenvalue weighted by molar-refractivity contribution is 5.62. The third-order valence-corrected chi connectivity index (χ3v) is 3.29. The summed E-state index contributed by atoms with van der Waals surface area (Å²) in [4.78, 5) is 2.22. The van der Waals surface area contributed by atoms with Crippen LogP contribution in [0.15, 0.2) is 18.2 Å². The third-order valence-electron chi connectivity index (χ3n) is 3.29. The Morgan fingerprint density at radius 3 is 3.00 bits per heavy atom. The van der Waals surface area contributed by atoms with Gasteiger partial charge in [-0.25, -0.2) is 0 Å². The van der Waals surface area contributed by atoms with Gasteiger partial charge in [0.15, 0.2) is 0 Å². The van der Waals surface area contributed by atoms with Crippen LogP contribution in [0.2, 0.25) is 0 Å². The fraction of sp³-hybridized carbons (Fsp3) is 0.462. The van der Waals surface area contributed by atoms with E-state index >= 15 is 0 Å². The molecule has 4 heteroatoms. The summed E-state index contributed by atoms with van der Waals surface area (Å²) in [5.41, 5.74) is 7.34. The third kappa shape index (κ3) is 2.34. The Balaban J connectivity index is 2.28. The first-order valence-electron chi connectivity index (χ1n) is 5.81. The average molecular weight is 231 g/mol. The first-order valence-corrected chi connectivity index (χ1v) is 5.81. The summed E-state index contributed by atoms with van der Waals surface area (Å²) >= 11 is 0. The fourth-order valence-electron chi connectivity index (χ4n) is 2.24. The first kappa shape index (κ1) is 11.7. The molecule has 0 bridgehead atoms. The van der Waals surface area contributed by atoms with Gasteiger partial charge in [0.1, 0.15) is 11.8 Å². The molecular weight excluding hydrogens is 214 g/mol. The van der Waals surface area contributed by atoms with Crippen molar-refractivity contribution in [3.8, 4) is 11.8 Å². The standard InChI is InChI=1S/C13H17N3O/c1-17-12-3-2-11(8-15)13(6-12)16-5-4-10(7-14)9-16/h2-3,6,10H,4-5,7,9,14H2,1H3. The molecule has 0 radical (unpaired) electrons. The maximum Gasteiger partial charge on any atom is 0.121 e. The quantitative estimate of drug-likeness (QED) is 0.853. The smallest absolute Gasteiger partial charge is 0.121 e. The van der Waals surface area contributed by atoms with Crippen molar-refractivity contribution in [3.63, 3.8) is 0 Å². The van der Waals surface area contributed by atoms with E-state index in [4.69, 9.17) is 15.7 Å². The summed E-state index contributed by atoms with van der Waals surface area (Å²) in [5, 5.41) is 9.12. The summed E-state index contributed by atoms with van der Waals surface area (Å²) in [6, 6.07) is 7.78. The lowest BCUT2D eigenvalue weighted by atomic mass is 10.1. The van der Waals surface area contributed by atoms with Crippen LogP contribution in [-0.2, 0) is 0 Å². The highest BCUT2D eigenvalue weighted by Crippen LogP contribution is 2.29. The Morgan fingerprint density at radius 2 is 2.41 bits per heavy atom. The van der Waals surface area contributed by atoms with Crippen LogP contribution < -0.4 is 15.4 Å². The second-order valence-electron chi connectivity index (χ2n) is 4.33. The number of nitriles is 1. The van der Waals surface area contributed by atoms with Crippen molar-refractivity contribution in [1.82, 2.24) is 0 Å². The molecule has 1 aromatic carbocycles. The van der Waals surface area contributed by atoms with Crippen molar-refractivity contribution in [2.45, 2.75) is 6.42 Å². The molecule has 0 spiro atoms. The minimum absolute atomic E-state index is 0.535. The SMILES string of the molecule is COc1ccc(C#N)c(N2CCC(CN)C2)c1. The molecule has 1 heterocycles. The molecule has 2 N–H and O–H groups in total. The van der Waals surface area contributed by atoms with E-state index in [0.29, 0.717) is 18.0 Å². The van der Waals surface area contributed by atoms with Crippen molar-refractivity contribution < 1.29 is 4.74 Å². The number of nitrogens with zero attached hydrogens (tertiary/aromatic N) is 2. The van der Waals surface area contributed by atoms with Gasteiger partial charge in [0.05, 0.1) is 18.4 Å². The van der Waals surface area contributed by atoms with Crippen LogP contribution in [0.5, 0.6) is 5.75 Å². The molecule has 2 rings (SSSR count). The Labute approximate surface area is 102 Å². The van der Waals surface area contributed by atoms with Crippen molar-refractivity contribution in [2.24, 2.45) is 11.7 Å². The molecule has 17 heavy (non-hydrogen) atoms. The van der Waals surface area contributed by atoms with E-state index < -0.39 is 0 Å². The van der Waals surface area contributed by atoms with Crippen LogP contribution in [0.3, 0.4) is 0 Å². The number of hydrogen-bond donors (Lipinski definition) is 1. The van der Waals surface area contributed by atoms with Gasteiger partial charge in [-0.1, -0.05) is 0 Å². The maximum absolute atomic E-state index is 9.12. The number of rotatable bonds is 3. The van der Waals surface area contributed by atoms with E-state index in [1.54, 1.807) is 7.11 Å². The van der Waals surface area contributed by atoms with Gasteiger partial charge in [0, 0.05) is 19.2 Å². The average Bonchev–Trinajstić information content (AvgIpc) is 2.86. The van der Waals surface area contributed by atoms with Crippen molar-refractivity contribution in [3.05, 3.63) is 23.8 Å². The van der Waals surface area contributed by atoms with Gasteiger partial charge in [-0.05, 0) is 31.0 Å². The molecule has 0 aliphatic carbocycles. The molecule has 1 aliphatic heterocycles. The van der Waals surface area contributed by atoms with Crippen LogP contribution in [0.1, 0.15) is 12.0 Å². The zero-order chi connectivity index (χ0) is 12.3. The normalized spacial score (nSPS) is 19.1. The molecule has 1 saturated heterocycles. The van der Waals surface area contributed by atoms with Gasteiger partial charge in [0.25, 0.3) is 0 Å². The van der Waals surface area contributed by atoms with Gasteiger partial charge >= 0.3 is 0 Å². The number of anilines is 1. The predicted octanol–water partition coefficient (Wildman–Crippen LogP) is 1.35. The van der Waals surface area contributed by atoms with Gasteiger partial charge in [0.2, 0.25) is 0 Å². The second kappa shape index (κ2) is 5.07. The number of ether oxygens (including phenoxy) is 1. The van der Waals surface area contributed by atoms with Gasteiger partial charge < -0.3 is 15.4 Å². The lowest BCUT2D eigenvalue weighted by molar-refractivity contribution is 0.415. The number of methoxy groups -OCH3 is 1. The van der Waals surface area contributed by atoms with Crippen LogP contribution in [0.25, 0.3) is 0 Å². The topological polar surface area (TPSA) is 62.3 Å². The number of nitrogens with two attached hydrogens (primary N) is 1. The van der Waals surface area contributed by atoms with Crippen molar-refractivity contribution >= 4 is 5.69 Å². The molecule has 4 nitrogen and oxygen atoms in total. The lowest BCUT2D eigenvalue weighted by Crippen LogP contribution is -2.23. The second-order valence-corrected chi connectivity index (χ2v) is 4.33. The van der Waals surface area contributed by atoms with E-state index in [-0.39, 0.29) is 0 Å². The highest BCUT2D eigenvalue weighted by Gasteiger charge is 2.23. The molecule has 0 amide bonds. The maximum atomic E-state index is 9.12. The predicted molar refractivity (Wildman–Crippen MR) is 67.1 cm³/mol. The van der Waals surface area contributed by atoms with E-state index in [1.807, 2.05) is 18.2 Å².